The third-order valence-electron chi connectivity index (χ3n) is 4.82. The molecule has 118 valence electrons. The largest absolute Gasteiger partial charge is 0.497 e. The molecule has 1 fully saturated rings. The first-order valence-corrected chi connectivity index (χ1v) is 8.15. The summed E-state index contributed by atoms with van der Waals surface area (Å²) in [5, 5.41) is 3.77. The van der Waals surface area contributed by atoms with E-state index in [1.54, 1.807) is 14.2 Å². The second kappa shape index (κ2) is 7.69. The smallest absolute Gasteiger partial charge is 0.127 e. The molecule has 0 aliphatic heterocycles. The van der Waals surface area contributed by atoms with Crippen molar-refractivity contribution in [2.75, 3.05) is 14.2 Å². The molecule has 0 heterocycles. The lowest BCUT2D eigenvalue weighted by molar-refractivity contribution is 0.271. The van der Waals surface area contributed by atoms with Gasteiger partial charge in [-0.2, -0.15) is 0 Å². The number of nitrogens with one attached hydrogen (secondary N) is 1. The van der Waals surface area contributed by atoms with Crippen LogP contribution in [0.3, 0.4) is 0 Å². The fraction of sp³-hybridized carbons (Fsp3) is 0.667. The third-order valence-corrected chi connectivity index (χ3v) is 4.82. The van der Waals surface area contributed by atoms with Crippen molar-refractivity contribution in [1.29, 1.82) is 0 Å². The van der Waals surface area contributed by atoms with Gasteiger partial charge in [0.25, 0.3) is 0 Å². The van der Waals surface area contributed by atoms with Crippen LogP contribution in [-0.4, -0.2) is 20.3 Å². The first kappa shape index (κ1) is 16.2. The van der Waals surface area contributed by atoms with E-state index in [2.05, 4.69) is 25.2 Å². The maximum absolute atomic E-state index is 5.51. The fourth-order valence-electron chi connectivity index (χ4n) is 3.36. The van der Waals surface area contributed by atoms with Crippen molar-refractivity contribution in [3.63, 3.8) is 0 Å². The Hall–Kier alpha value is -1.22. The van der Waals surface area contributed by atoms with Gasteiger partial charge >= 0.3 is 0 Å². The number of benzene rings is 1. The topological polar surface area (TPSA) is 30.5 Å². The first-order valence-electron chi connectivity index (χ1n) is 8.15. The van der Waals surface area contributed by atoms with Crippen LogP contribution in [0.1, 0.15) is 57.6 Å². The SMILES string of the molecule is CCC1CCC(NC(C)c2ccc(OC)cc2OC)CC1. The lowest BCUT2D eigenvalue weighted by atomic mass is 9.84. The molecule has 1 saturated carbocycles. The molecular weight excluding hydrogens is 262 g/mol. The number of methoxy groups -OCH3 is 2. The first-order chi connectivity index (χ1) is 10.2. The highest BCUT2D eigenvalue weighted by molar-refractivity contribution is 5.42. The van der Waals surface area contributed by atoms with E-state index in [1.807, 2.05) is 12.1 Å². The van der Waals surface area contributed by atoms with Crippen molar-refractivity contribution in [3.05, 3.63) is 23.8 Å². The van der Waals surface area contributed by atoms with E-state index in [1.165, 1.54) is 37.7 Å². The van der Waals surface area contributed by atoms with E-state index in [9.17, 15) is 0 Å². The lowest BCUT2D eigenvalue weighted by Crippen LogP contribution is -2.35. The minimum Gasteiger partial charge on any atom is -0.497 e. The van der Waals surface area contributed by atoms with Crippen LogP contribution in [0, 0.1) is 5.92 Å². The third kappa shape index (κ3) is 4.13. The van der Waals surface area contributed by atoms with E-state index in [4.69, 9.17) is 9.47 Å². The molecule has 0 bridgehead atoms. The zero-order valence-corrected chi connectivity index (χ0v) is 13.8. The molecule has 1 N–H and O–H groups in total. The number of hydrogen-bond donors (Lipinski definition) is 1. The predicted molar refractivity (Wildman–Crippen MR) is 87.1 cm³/mol. The van der Waals surface area contributed by atoms with E-state index >= 15 is 0 Å². The lowest BCUT2D eigenvalue weighted by Gasteiger charge is -2.31. The van der Waals surface area contributed by atoms with Gasteiger partial charge in [0.1, 0.15) is 11.5 Å². The second-order valence-electron chi connectivity index (χ2n) is 6.12. The highest BCUT2D eigenvalue weighted by atomic mass is 16.5. The van der Waals surface area contributed by atoms with Gasteiger partial charge in [0.15, 0.2) is 0 Å². The van der Waals surface area contributed by atoms with Crippen LogP contribution in [0.2, 0.25) is 0 Å². The van der Waals surface area contributed by atoms with Crippen LogP contribution in [0.25, 0.3) is 0 Å². The van der Waals surface area contributed by atoms with Crippen LogP contribution in [0.5, 0.6) is 11.5 Å². The molecule has 3 heteroatoms. The summed E-state index contributed by atoms with van der Waals surface area (Å²) in [5.41, 5.74) is 1.20. The van der Waals surface area contributed by atoms with Gasteiger partial charge in [-0.15, -0.1) is 0 Å². The molecule has 1 unspecified atom stereocenters. The van der Waals surface area contributed by atoms with Crippen LogP contribution in [-0.2, 0) is 0 Å². The Bertz CT molecular complexity index is 439. The Morgan fingerprint density at radius 1 is 1.14 bits per heavy atom. The Balaban J connectivity index is 1.98. The number of ether oxygens (including phenoxy) is 2. The summed E-state index contributed by atoms with van der Waals surface area (Å²) in [6.45, 7) is 4.53. The van der Waals surface area contributed by atoms with Crippen molar-refractivity contribution < 1.29 is 9.47 Å². The molecule has 0 spiro atoms. The Labute approximate surface area is 129 Å². The molecule has 1 aromatic carbocycles. The molecule has 1 aliphatic rings. The molecule has 1 aliphatic carbocycles. The molecule has 0 radical (unpaired) electrons. The Morgan fingerprint density at radius 3 is 2.43 bits per heavy atom. The molecular formula is C18H29NO2. The van der Waals surface area contributed by atoms with E-state index < -0.39 is 0 Å². The van der Waals surface area contributed by atoms with Crippen LogP contribution < -0.4 is 14.8 Å². The monoisotopic (exact) mass is 291 g/mol. The summed E-state index contributed by atoms with van der Waals surface area (Å²) in [6, 6.07) is 7.00. The van der Waals surface area contributed by atoms with Gasteiger partial charge in [-0.3, -0.25) is 0 Å². The van der Waals surface area contributed by atoms with Gasteiger partial charge in [0, 0.05) is 23.7 Å². The van der Waals surface area contributed by atoms with E-state index in [0.29, 0.717) is 12.1 Å². The highest BCUT2D eigenvalue weighted by Crippen LogP contribution is 2.32. The van der Waals surface area contributed by atoms with Gasteiger partial charge in [0.05, 0.1) is 14.2 Å². The standard InChI is InChI=1S/C18H29NO2/c1-5-14-6-8-15(9-7-14)19-13(2)17-11-10-16(20-3)12-18(17)21-4/h10-15,19H,5-9H2,1-4H3. The summed E-state index contributed by atoms with van der Waals surface area (Å²) in [5.74, 6) is 2.68. The molecule has 21 heavy (non-hydrogen) atoms. The normalized spacial score (nSPS) is 23.6. The van der Waals surface area contributed by atoms with E-state index in [0.717, 1.165) is 17.4 Å². The van der Waals surface area contributed by atoms with Crippen molar-refractivity contribution in [2.24, 2.45) is 5.92 Å². The van der Waals surface area contributed by atoms with Gasteiger partial charge in [0.2, 0.25) is 0 Å². The Morgan fingerprint density at radius 2 is 1.86 bits per heavy atom. The maximum atomic E-state index is 5.51. The maximum Gasteiger partial charge on any atom is 0.127 e. The zero-order valence-electron chi connectivity index (χ0n) is 13.8. The van der Waals surface area contributed by atoms with Crippen molar-refractivity contribution in [1.82, 2.24) is 5.32 Å². The predicted octanol–water partition coefficient (Wildman–Crippen LogP) is 4.32. The quantitative estimate of drug-likeness (QED) is 0.846. The van der Waals surface area contributed by atoms with Crippen molar-refractivity contribution in [2.45, 2.75) is 58.0 Å². The molecule has 1 atom stereocenters. The number of hydrogen-bond acceptors (Lipinski definition) is 3. The summed E-state index contributed by atoms with van der Waals surface area (Å²) >= 11 is 0. The zero-order chi connectivity index (χ0) is 15.2. The van der Waals surface area contributed by atoms with Crippen LogP contribution in [0.4, 0.5) is 0 Å². The molecule has 1 aromatic rings. The average Bonchev–Trinajstić information content (AvgIpc) is 2.54. The summed E-state index contributed by atoms with van der Waals surface area (Å²) in [6.07, 6.45) is 6.64. The van der Waals surface area contributed by atoms with Crippen LogP contribution >= 0.6 is 0 Å². The molecule has 3 nitrogen and oxygen atoms in total. The van der Waals surface area contributed by atoms with Gasteiger partial charge in [-0.25, -0.2) is 0 Å². The van der Waals surface area contributed by atoms with Crippen LogP contribution in [0.15, 0.2) is 18.2 Å². The van der Waals surface area contributed by atoms with Crippen molar-refractivity contribution in [3.8, 4) is 11.5 Å². The summed E-state index contributed by atoms with van der Waals surface area (Å²) in [7, 11) is 3.40. The minimum absolute atomic E-state index is 0.300. The molecule has 0 amide bonds. The van der Waals surface area contributed by atoms with Gasteiger partial charge < -0.3 is 14.8 Å². The molecule has 0 aromatic heterocycles. The minimum atomic E-state index is 0.300. The summed E-state index contributed by atoms with van der Waals surface area (Å²) in [4.78, 5) is 0. The molecule has 2 rings (SSSR count). The van der Waals surface area contributed by atoms with Gasteiger partial charge in [-0.05, 0) is 44.6 Å². The summed E-state index contributed by atoms with van der Waals surface area (Å²) < 4.78 is 10.8. The fourth-order valence-corrected chi connectivity index (χ4v) is 3.36. The van der Waals surface area contributed by atoms with Crippen molar-refractivity contribution >= 4 is 0 Å². The number of rotatable bonds is 6. The second-order valence-corrected chi connectivity index (χ2v) is 6.12. The average molecular weight is 291 g/mol. The Kier molecular flexibility index (Phi) is 5.92. The van der Waals surface area contributed by atoms with Gasteiger partial charge in [-0.1, -0.05) is 19.4 Å². The molecule has 0 saturated heterocycles. The highest BCUT2D eigenvalue weighted by Gasteiger charge is 2.22. The van der Waals surface area contributed by atoms with E-state index in [-0.39, 0.29) is 0 Å².